The van der Waals surface area contributed by atoms with E-state index in [1.165, 1.54) is 0 Å². The fraction of sp³-hybridized carbons (Fsp3) is 0.500. The SMILES string of the molecule is Cc1cc(-c2nc(C3(N)CCCC3)no2)c2c(C)nn(C)c2n1. The van der Waals surface area contributed by atoms with Gasteiger partial charge in [-0.15, -0.1) is 0 Å². The summed E-state index contributed by atoms with van der Waals surface area (Å²) >= 11 is 0. The molecule has 7 nitrogen and oxygen atoms in total. The summed E-state index contributed by atoms with van der Waals surface area (Å²) in [6, 6.07) is 1.96. The van der Waals surface area contributed by atoms with Crippen LogP contribution >= 0.6 is 0 Å². The predicted octanol–water partition coefficient (Wildman–Crippen LogP) is 2.36. The highest BCUT2D eigenvalue weighted by atomic mass is 16.5. The average molecular weight is 312 g/mol. The van der Waals surface area contributed by atoms with Crippen LogP contribution in [0, 0.1) is 13.8 Å². The Labute approximate surface area is 133 Å². The number of aryl methyl sites for hydroxylation is 3. The molecular formula is C16H20N6O. The molecule has 1 aliphatic rings. The lowest BCUT2D eigenvalue weighted by Gasteiger charge is -2.17. The Morgan fingerprint density at radius 3 is 2.70 bits per heavy atom. The molecule has 0 atom stereocenters. The van der Waals surface area contributed by atoms with Gasteiger partial charge in [0.2, 0.25) is 0 Å². The van der Waals surface area contributed by atoms with Crippen molar-refractivity contribution in [1.82, 2.24) is 24.9 Å². The van der Waals surface area contributed by atoms with E-state index in [0.29, 0.717) is 11.7 Å². The average Bonchev–Trinajstić information content (AvgIpc) is 3.20. The zero-order valence-electron chi connectivity index (χ0n) is 13.6. The molecule has 0 spiro atoms. The Bertz CT molecular complexity index is 887. The van der Waals surface area contributed by atoms with E-state index in [4.69, 9.17) is 10.3 Å². The van der Waals surface area contributed by atoms with Gasteiger partial charge in [-0.3, -0.25) is 4.68 Å². The van der Waals surface area contributed by atoms with Crippen molar-refractivity contribution < 1.29 is 4.52 Å². The quantitative estimate of drug-likeness (QED) is 0.780. The van der Waals surface area contributed by atoms with Crippen molar-refractivity contribution in [2.45, 2.75) is 45.1 Å². The molecule has 0 saturated heterocycles. The maximum atomic E-state index is 6.43. The molecule has 0 bridgehead atoms. The lowest BCUT2D eigenvalue weighted by Crippen LogP contribution is -2.34. The number of nitrogens with zero attached hydrogens (tertiary/aromatic N) is 5. The Balaban J connectivity index is 1.88. The van der Waals surface area contributed by atoms with Crippen LogP contribution in [0.3, 0.4) is 0 Å². The number of fused-ring (bicyclic) bond motifs is 1. The number of hydrogen-bond donors (Lipinski definition) is 1. The van der Waals surface area contributed by atoms with Crippen molar-refractivity contribution in [2.75, 3.05) is 0 Å². The Morgan fingerprint density at radius 1 is 1.22 bits per heavy atom. The molecule has 0 radical (unpaired) electrons. The van der Waals surface area contributed by atoms with Gasteiger partial charge < -0.3 is 10.3 Å². The van der Waals surface area contributed by atoms with Crippen LogP contribution in [0.15, 0.2) is 10.6 Å². The molecule has 3 aromatic heterocycles. The summed E-state index contributed by atoms with van der Waals surface area (Å²) in [5.74, 6) is 1.09. The Kier molecular flexibility index (Phi) is 3.02. The van der Waals surface area contributed by atoms with Crippen molar-refractivity contribution in [2.24, 2.45) is 12.8 Å². The van der Waals surface area contributed by atoms with Gasteiger partial charge >= 0.3 is 0 Å². The van der Waals surface area contributed by atoms with Crippen molar-refractivity contribution in [3.8, 4) is 11.5 Å². The second kappa shape index (κ2) is 4.86. The van der Waals surface area contributed by atoms with Crippen LogP contribution in [0.25, 0.3) is 22.5 Å². The summed E-state index contributed by atoms with van der Waals surface area (Å²) in [6.07, 6.45) is 4.03. The van der Waals surface area contributed by atoms with Crippen LogP contribution < -0.4 is 5.73 Å². The number of hydrogen-bond acceptors (Lipinski definition) is 6. The first-order valence-corrected chi connectivity index (χ1v) is 7.92. The van der Waals surface area contributed by atoms with Crippen LogP contribution in [0.2, 0.25) is 0 Å². The van der Waals surface area contributed by atoms with Gasteiger partial charge in [-0.25, -0.2) is 4.98 Å². The van der Waals surface area contributed by atoms with E-state index in [0.717, 1.165) is 53.7 Å². The molecule has 4 rings (SSSR count). The van der Waals surface area contributed by atoms with E-state index in [1.807, 2.05) is 27.0 Å². The van der Waals surface area contributed by atoms with Crippen molar-refractivity contribution in [3.63, 3.8) is 0 Å². The largest absolute Gasteiger partial charge is 0.334 e. The molecule has 120 valence electrons. The maximum Gasteiger partial charge on any atom is 0.258 e. The molecule has 0 aromatic carbocycles. The predicted molar refractivity (Wildman–Crippen MR) is 85.6 cm³/mol. The highest BCUT2D eigenvalue weighted by Crippen LogP contribution is 2.36. The highest BCUT2D eigenvalue weighted by molar-refractivity contribution is 5.92. The molecule has 2 N–H and O–H groups in total. The second-order valence-corrected chi connectivity index (χ2v) is 6.51. The third-order valence-corrected chi connectivity index (χ3v) is 4.69. The van der Waals surface area contributed by atoms with Gasteiger partial charge in [0.15, 0.2) is 11.5 Å². The number of nitrogens with two attached hydrogens (primary N) is 1. The fourth-order valence-electron chi connectivity index (χ4n) is 3.50. The highest BCUT2D eigenvalue weighted by Gasteiger charge is 2.36. The number of pyridine rings is 1. The monoisotopic (exact) mass is 312 g/mol. The van der Waals surface area contributed by atoms with E-state index in [9.17, 15) is 0 Å². The minimum atomic E-state index is -0.451. The van der Waals surface area contributed by atoms with Crippen molar-refractivity contribution >= 4 is 11.0 Å². The Morgan fingerprint density at radius 2 is 1.96 bits per heavy atom. The summed E-state index contributed by atoms with van der Waals surface area (Å²) < 4.78 is 7.33. The minimum absolute atomic E-state index is 0.451. The van der Waals surface area contributed by atoms with Crippen LogP contribution in [-0.4, -0.2) is 24.9 Å². The van der Waals surface area contributed by atoms with Gasteiger partial charge in [0.25, 0.3) is 5.89 Å². The van der Waals surface area contributed by atoms with E-state index in [1.54, 1.807) is 4.68 Å². The summed E-state index contributed by atoms with van der Waals surface area (Å²) in [5, 5.41) is 9.57. The minimum Gasteiger partial charge on any atom is -0.334 e. The maximum absolute atomic E-state index is 6.43. The first-order valence-electron chi connectivity index (χ1n) is 7.92. The molecule has 3 aromatic rings. The van der Waals surface area contributed by atoms with Crippen LogP contribution in [0.1, 0.15) is 42.9 Å². The van der Waals surface area contributed by atoms with Gasteiger partial charge in [-0.05, 0) is 32.8 Å². The number of aromatic nitrogens is 5. The molecule has 1 aliphatic carbocycles. The third kappa shape index (κ3) is 2.15. The van der Waals surface area contributed by atoms with E-state index < -0.39 is 5.54 Å². The molecule has 1 saturated carbocycles. The molecule has 1 fully saturated rings. The Hall–Kier alpha value is -2.28. The van der Waals surface area contributed by atoms with Crippen LogP contribution in [0.5, 0.6) is 0 Å². The normalized spacial score (nSPS) is 17.2. The van der Waals surface area contributed by atoms with E-state index >= 15 is 0 Å². The van der Waals surface area contributed by atoms with Gasteiger partial charge in [0.1, 0.15) is 0 Å². The summed E-state index contributed by atoms with van der Waals surface area (Å²) in [7, 11) is 1.89. The van der Waals surface area contributed by atoms with E-state index in [2.05, 4.69) is 20.2 Å². The fourth-order valence-corrected chi connectivity index (χ4v) is 3.50. The smallest absolute Gasteiger partial charge is 0.258 e. The zero-order chi connectivity index (χ0) is 16.2. The molecule has 0 unspecified atom stereocenters. The molecule has 3 heterocycles. The lowest BCUT2D eigenvalue weighted by atomic mass is 9.98. The van der Waals surface area contributed by atoms with E-state index in [-0.39, 0.29) is 0 Å². The van der Waals surface area contributed by atoms with Crippen molar-refractivity contribution in [1.29, 1.82) is 0 Å². The van der Waals surface area contributed by atoms with Gasteiger partial charge in [0.05, 0.1) is 22.2 Å². The van der Waals surface area contributed by atoms with Gasteiger partial charge in [-0.2, -0.15) is 10.1 Å². The standard InChI is InChI=1S/C16H20N6O/c1-9-8-11(12-10(2)20-22(3)13(12)18-9)14-19-15(21-23-14)16(17)6-4-5-7-16/h8H,4-7,17H2,1-3H3. The molecule has 0 amide bonds. The second-order valence-electron chi connectivity index (χ2n) is 6.51. The topological polar surface area (TPSA) is 95.6 Å². The zero-order valence-corrected chi connectivity index (χ0v) is 13.6. The molecule has 7 heteroatoms. The summed E-state index contributed by atoms with van der Waals surface area (Å²) in [5.41, 5.74) is 9.46. The van der Waals surface area contributed by atoms with Gasteiger partial charge in [0, 0.05) is 12.7 Å². The summed E-state index contributed by atoms with van der Waals surface area (Å²) in [4.78, 5) is 9.17. The van der Waals surface area contributed by atoms with Gasteiger partial charge in [-0.1, -0.05) is 18.0 Å². The first-order chi connectivity index (χ1) is 11.0. The summed E-state index contributed by atoms with van der Waals surface area (Å²) in [6.45, 7) is 3.91. The first kappa shape index (κ1) is 14.3. The van der Waals surface area contributed by atoms with Crippen LogP contribution in [-0.2, 0) is 12.6 Å². The molecule has 23 heavy (non-hydrogen) atoms. The third-order valence-electron chi connectivity index (χ3n) is 4.69. The number of rotatable bonds is 2. The van der Waals surface area contributed by atoms with Crippen LogP contribution in [0.4, 0.5) is 0 Å². The molecule has 0 aliphatic heterocycles. The molecular weight excluding hydrogens is 292 g/mol. The van der Waals surface area contributed by atoms with Crippen molar-refractivity contribution in [3.05, 3.63) is 23.3 Å². The lowest BCUT2D eigenvalue weighted by molar-refractivity contribution is 0.373.